The maximum absolute atomic E-state index is 5.12. The van der Waals surface area contributed by atoms with E-state index >= 15 is 0 Å². The maximum atomic E-state index is 5.12. The van der Waals surface area contributed by atoms with E-state index in [-0.39, 0.29) is 5.41 Å². The Morgan fingerprint density at radius 3 is 1.80 bits per heavy atom. The van der Waals surface area contributed by atoms with Gasteiger partial charge in [-0.1, -0.05) is 147 Å². The number of nitrogens with zero attached hydrogens (tertiary/aromatic N) is 3. The topological polar surface area (TPSA) is 38.7 Å². The standard InChI is InChI=1S/C41H35N3/c1-27-20-25-34(37-19-7-8-26-41(27,37)2)30-21-23-31(24-22-30)38-42-39(35-17-9-13-28-11-3-5-15-32(28)35)44-40(43-38)36-18-10-14-29-12-4-6-16-33(29)36/h3-19,21-24,26-27,34,37H,20,25H2,1-2H3. The molecule has 1 fully saturated rings. The number of aromatic nitrogens is 3. The SMILES string of the molecule is CC1CCC(c2ccc(-c3nc(-c4cccc5ccccc45)nc(-c4cccc5ccccc45)n3)cc2)C2C=CC=CC12C. The zero-order valence-corrected chi connectivity index (χ0v) is 25.2. The molecule has 1 saturated carbocycles. The molecule has 3 nitrogen and oxygen atoms in total. The van der Waals surface area contributed by atoms with Gasteiger partial charge >= 0.3 is 0 Å². The molecule has 214 valence electrons. The molecule has 0 bridgehead atoms. The van der Waals surface area contributed by atoms with E-state index in [1.807, 2.05) is 0 Å². The minimum absolute atomic E-state index is 0.200. The van der Waals surface area contributed by atoms with Gasteiger partial charge in [-0.25, -0.2) is 15.0 Å². The molecular formula is C41H35N3. The maximum Gasteiger partial charge on any atom is 0.164 e. The van der Waals surface area contributed by atoms with Crippen LogP contribution in [0.5, 0.6) is 0 Å². The third kappa shape index (κ3) is 4.46. The predicted molar refractivity (Wildman–Crippen MR) is 182 cm³/mol. The van der Waals surface area contributed by atoms with Crippen LogP contribution in [0.1, 0.15) is 38.2 Å². The second kappa shape index (κ2) is 10.7. The number of rotatable bonds is 4. The Hall–Kier alpha value is -4.89. The first-order valence-electron chi connectivity index (χ1n) is 15.8. The highest BCUT2D eigenvalue weighted by Gasteiger charge is 2.44. The van der Waals surface area contributed by atoms with Crippen LogP contribution in [0.2, 0.25) is 0 Å². The summed E-state index contributed by atoms with van der Waals surface area (Å²) in [6, 6.07) is 38.6. The van der Waals surface area contributed by atoms with E-state index in [1.165, 1.54) is 29.2 Å². The van der Waals surface area contributed by atoms with Gasteiger partial charge in [0, 0.05) is 16.7 Å². The van der Waals surface area contributed by atoms with Crippen LogP contribution >= 0.6 is 0 Å². The minimum atomic E-state index is 0.200. The molecule has 1 aromatic heterocycles. The van der Waals surface area contributed by atoms with Crippen LogP contribution in [0.3, 0.4) is 0 Å². The Bertz CT molecular complexity index is 1960. The van der Waals surface area contributed by atoms with Crippen molar-refractivity contribution < 1.29 is 0 Å². The van der Waals surface area contributed by atoms with Crippen LogP contribution in [0.25, 0.3) is 55.7 Å². The molecule has 3 heteroatoms. The normalized spacial score (nSPS) is 22.7. The smallest absolute Gasteiger partial charge is 0.164 e. The first-order valence-corrected chi connectivity index (χ1v) is 15.8. The van der Waals surface area contributed by atoms with Gasteiger partial charge in [-0.3, -0.25) is 0 Å². The second-order valence-electron chi connectivity index (χ2n) is 12.7. The quantitative estimate of drug-likeness (QED) is 0.212. The molecule has 0 N–H and O–H groups in total. The zero-order valence-electron chi connectivity index (χ0n) is 25.2. The zero-order chi connectivity index (χ0) is 29.7. The number of hydrogen-bond acceptors (Lipinski definition) is 3. The van der Waals surface area contributed by atoms with Crippen LogP contribution in [0.4, 0.5) is 0 Å². The molecule has 5 aromatic carbocycles. The van der Waals surface area contributed by atoms with Crippen molar-refractivity contribution in [1.82, 2.24) is 15.0 Å². The van der Waals surface area contributed by atoms with Gasteiger partial charge in [0.15, 0.2) is 17.5 Å². The summed E-state index contributed by atoms with van der Waals surface area (Å²) in [7, 11) is 0. The Balaban J connectivity index is 1.25. The van der Waals surface area contributed by atoms with Gasteiger partial charge in [-0.2, -0.15) is 0 Å². The molecule has 0 saturated heterocycles. The van der Waals surface area contributed by atoms with E-state index in [2.05, 4.69) is 147 Å². The first-order chi connectivity index (χ1) is 21.6. The van der Waals surface area contributed by atoms with Crippen molar-refractivity contribution in [2.75, 3.05) is 0 Å². The second-order valence-corrected chi connectivity index (χ2v) is 12.7. The van der Waals surface area contributed by atoms with Crippen LogP contribution in [-0.2, 0) is 0 Å². The van der Waals surface area contributed by atoms with Crippen LogP contribution < -0.4 is 0 Å². The number of fused-ring (bicyclic) bond motifs is 3. The average Bonchev–Trinajstić information content (AvgIpc) is 3.08. The van der Waals surface area contributed by atoms with Gasteiger partial charge in [0.1, 0.15) is 0 Å². The number of benzene rings is 5. The molecule has 4 unspecified atom stereocenters. The molecular weight excluding hydrogens is 534 g/mol. The molecule has 8 rings (SSSR count). The molecule has 6 aromatic rings. The fourth-order valence-electron chi connectivity index (χ4n) is 7.59. The lowest BCUT2D eigenvalue weighted by Gasteiger charge is -2.49. The summed E-state index contributed by atoms with van der Waals surface area (Å²) >= 11 is 0. The Morgan fingerprint density at radius 1 is 0.591 bits per heavy atom. The van der Waals surface area contributed by atoms with Gasteiger partial charge in [0.05, 0.1) is 0 Å². The summed E-state index contributed by atoms with van der Waals surface area (Å²) in [6.07, 6.45) is 11.8. The molecule has 1 heterocycles. The van der Waals surface area contributed by atoms with Gasteiger partial charge in [-0.05, 0) is 63.1 Å². The lowest BCUT2D eigenvalue weighted by molar-refractivity contribution is 0.110. The highest BCUT2D eigenvalue weighted by Crippen LogP contribution is 2.54. The van der Waals surface area contributed by atoms with Crippen molar-refractivity contribution in [3.05, 3.63) is 139 Å². The lowest BCUT2D eigenvalue weighted by Crippen LogP contribution is -2.40. The summed E-state index contributed by atoms with van der Waals surface area (Å²) in [4.78, 5) is 15.3. The summed E-state index contributed by atoms with van der Waals surface area (Å²) in [5, 5.41) is 4.61. The molecule has 2 aliphatic carbocycles. The van der Waals surface area contributed by atoms with Crippen molar-refractivity contribution >= 4 is 21.5 Å². The number of hydrogen-bond donors (Lipinski definition) is 0. The Kier molecular flexibility index (Phi) is 6.48. The molecule has 0 aliphatic heterocycles. The van der Waals surface area contributed by atoms with Gasteiger partial charge < -0.3 is 0 Å². The van der Waals surface area contributed by atoms with E-state index < -0.39 is 0 Å². The lowest BCUT2D eigenvalue weighted by atomic mass is 9.55. The van der Waals surface area contributed by atoms with E-state index in [4.69, 9.17) is 15.0 Å². The van der Waals surface area contributed by atoms with Crippen LogP contribution in [0, 0.1) is 17.3 Å². The van der Waals surface area contributed by atoms with Crippen molar-refractivity contribution in [2.45, 2.75) is 32.6 Å². The van der Waals surface area contributed by atoms with Crippen molar-refractivity contribution in [3.8, 4) is 34.2 Å². The fraction of sp³-hybridized carbons (Fsp3) is 0.195. The summed E-state index contributed by atoms with van der Waals surface area (Å²) in [6.45, 7) is 4.86. The molecule has 44 heavy (non-hydrogen) atoms. The van der Waals surface area contributed by atoms with Gasteiger partial charge in [0.2, 0.25) is 0 Å². The minimum Gasteiger partial charge on any atom is -0.208 e. The third-order valence-electron chi connectivity index (χ3n) is 10.3. The largest absolute Gasteiger partial charge is 0.208 e. The molecule has 0 radical (unpaired) electrons. The van der Waals surface area contributed by atoms with Crippen LogP contribution in [-0.4, -0.2) is 15.0 Å². The predicted octanol–water partition coefficient (Wildman–Crippen LogP) is 10.4. The highest BCUT2D eigenvalue weighted by molar-refractivity contribution is 5.97. The summed E-state index contributed by atoms with van der Waals surface area (Å²) in [5.41, 5.74) is 4.63. The van der Waals surface area contributed by atoms with Crippen molar-refractivity contribution in [3.63, 3.8) is 0 Å². The first kappa shape index (κ1) is 26.7. The summed E-state index contributed by atoms with van der Waals surface area (Å²) in [5.74, 6) is 3.76. The van der Waals surface area contributed by atoms with Crippen molar-refractivity contribution in [2.24, 2.45) is 17.3 Å². The number of allylic oxidation sites excluding steroid dienone is 4. The van der Waals surface area contributed by atoms with E-state index in [0.717, 1.165) is 27.5 Å². The third-order valence-corrected chi connectivity index (χ3v) is 10.3. The highest BCUT2D eigenvalue weighted by atomic mass is 15.0. The van der Waals surface area contributed by atoms with Gasteiger partial charge in [-0.15, -0.1) is 0 Å². The molecule has 4 atom stereocenters. The average molecular weight is 570 g/mol. The van der Waals surface area contributed by atoms with E-state index in [9.17, 15) is 0 Å². The Labute approximate surface area is 259 Å². The molecule has 0 amide bonds. The Morgan fingerprint density at radius 2 is 1.16 bits per heavy atom. The van der Waals surface area contributed by atoms with E-state index in [1.54, 1.807) is 0 Å². The van der Waals surface area contributed by atoms with E-state index in [0.29, 0.717) is 35.2 Å². The molecule has 2 aliphatic rings. The summed E-state index contributed by atoms with van der Waals surface area (Å²) < 4.78 is 0. The molecule has 0 spiro atoms. The van der Waals surface area contributed by atoms with Crippen LogP contribution in [0.15, 0.2) is 133 Å². The fourth-order valence-corrected chi connectivity index (χ4v) is 7.59. The van der Waals surface area contributed by atoms with Gasteiger partial charge in [0.25, 0.3) is 0 Å². The monoisotopic (exact) mass is 569 g/mol. The van der Waals surface area contributed by atoms with Crippen molar-refractivity contribution in [1.29, 1.82) is 0 Å².